The molecule has 0 aliphatic carbocycles. The van der Waals surface area contributed by atoms with Gasteiger partial charge in [0.2, 0.25) is 17.7 Å². The van der Waals surface area contributed by atoms with Crippen LogP contribution in [0.5, 0.6) is 0 Å². The molecule has 0 radical (unpaired) electrons. The highest BCUT2D eigenvalue weighted by atomic mass is 16.6. The fourth-order valence-electron chi connectivity index (χ4n) is 3.34. The van der Waals surface area contributed by atoms with Crippen LogP contribution in [0.15, 0.2) is 24.3 Å². The number of amides is 4. The molecule has 0 aliphatic heterocycles. The maximum Gasteiger partial charge on any atom is 0.408 e. The van der Waals surface area contributed by atoms with Crippen molar-refractivity contribution in [3.05, 3.63) is 35.4 Å². The molecule has 0 aromatic heterocycles. The van der Waals surface area contributed by atoms with E-state index >= 15 is 0 Å². The van der Waals surface area contributed by atoms with Crippen LogP contribution < -0.4 is 16.4 Å². The number of carbonyl (C=O) groups is 4. The third kappa shape index (κ3) is 8.77. The molecular formula is C25H36N4O5. The lowest BCUT2D eigenvalue weighted by Gasteiger charge is -2.34. The number of ether oxygens (including phenoxy) is 1. The van der Waals surface area contributed by atoms with Gasteiger partial charge in [-0.25, -0.2) is 4.79 Å². The number of primary amides is 1. The van der Waals surface area contributed by atoms with E-state index in [0.29, 0.717) is 11.1 Å². The van der Waals surface area contributed by atoms with E-state index in [1.807, 2.05) is 0 Å². The van der Waals surface area contributed by atoms with Crippen molar-refractivity contribution in [2.24, 2.45) is 5.73 Å². The van der Waals surface area contributed by atoms with Crippen LogP contribution in [0.4, 0.5) is 4.79 Å². The van der Waals surface area contributed by atoms with Crippen molar-refractivity contribution in [3.63, 3.8) is 0 Å². The Morgan fingerprint density at radius 2 is 1.76 bits per heavy atom. The highest BCUT2D eigenvalue weighted by molar-refractivity contribution is 5.93. The Kier molecular flexibility index (Phi) is 10.6. The van der Waals surface area contributed by atoms with Gasteiger partial charge in [-0.1, -0.05) is 24.1 Å². The number of nitrogens with zero attached hydrogens (tertiary/aromatic N) is 1. The standard InChI is InChI=1S/C25H36N4O5/c1-8-17-12-10-11-13-18(17)21(22(31)27-16(3)4)29(9-2)23(32)19(14-15-20(26)30)28-24(33)34-25(5,6)7/h1,10-13,16,19,21H,9,14-15H2,2-7H3,(H2,26,30)(H,27,31)(H,28,33). The van der Waals surface area contributed by atoms with E-state index in [2.05, 4.69) is 16.6 Å². The Labute approximate surface area is 201 Å². The zero-order valence-corrected chi connectivity index (χ0v) is 20.8. The Hall–Kier alpha value is -3.54. The molecule has 1 aromatic carbocycles. The molecule has 2 unspecified atom stereocenters. The fraction of sp³-hybridized carbons (Fsp3) is 0.520. The summed E-state index contributed by atoms with van der Waals surface area (Å²) in [4.78, 5) is 52.1. The highest BCUT2D eigenvalue weighted by Gasteiger charge is 2.36. The number of benzene rings is 1. The van der Waals surface area contributed by atoms with Crippen molar-refractivity contribution in [3.8, 4) is 12.3 Å². The van der Waals surface area contributed by atoms with Gasteiger partial charge in [0, 0.05) is 24.6 Å². The molecule has 0 saturated heterocycles. The minimum absolute atomic E-state index is 0.0563. The lowest BCUT2D eigenvalue weighted by Crippen LogP contribution is -2.53. The molecule has 0 aliphatic rings. The molecule has 4 N–H and O–H groups in total. The maximum absolute atomic E-state index is 13.7. The van der Waals surface area contributed by atoms with Gasteiger partial charge in [-0.05, 0) is 59.6 Å². The molecule has 0 saturated carbocycles. The number of rotatable bonds is 10. The minimum Gasteiger partial charge on any atom is -0.444 e. The summed E-state index contributed by atoms with van der Waals surface area (Å²) in [5.41, 5.74) is 5.43. The smallest absolute Gasteiger partial charge is 0.408 e. The molecule has 2 atom stereocenters. The third-order valence-electron chi connectivity index (χ3n) is 4.69. The molecule has 0 spiro atoms. The first kappa shape index (κ1) is 28.5. The summed E-state index contributed by atoms with van der Waals surface area (Å²) in [5, 5.41) is 5.36. The zero-order valence-electron chi connectivity index (χ0n) is 20.8. The Bertz CT molecular complexity index is 930. The Balaban J connectivity index is 3.44. The van der Waals surface area contributed by atoms with Gasteiger partial charge in [0.1, 0.15) is 17.7 Å². The van der Waals surface area contributed by atoms with Gasteiger partial charge >= 0.3 is 6.09 Å². The van der Waals surface area contributed by atoms with Crippen molar-refractivity contribution in [2.45, 2.75) is 78.1 Å². The largest absolute Gasteiger partial charge is 0.444 e. The van der Waals surface area contributed by atoms with Gasteiger partial charge in [-0.2, -0.15) is 0 Å². The average Bonchev–Trinajstić information content (AvgIpc) is 2.72. The summed E-state index contributed by atoms with van der Waals surface area (Å²) < 4.78 is 5.28. The number of hydrogen-bond acceptors (Lipinski definition) is 5. The van der Waals surface area contributed by atoms with Crippen LogP contribution in [-0.2, 0) is 19.1 Å². The van der Waals surface area contributed by atoms with Crippen LogP contribution in [0.3, 0.4) is 0 Å². The first-order valence-corrected chi connectivity index (χ1v) is 11.2. The number of carbonyl (C=O) groups excluding carboxylic acids is 4. The van der Waals surface area contributed by atoms with E-state index in [-0.39, 0.29) is 25.4 Å². The quantitative estimate of drug-likeness (QED) is 0.450. The molecule has 186 valence electrons. The van der Waals surface area contributed by atoms with Crippen LogP contribution in [0.25, 0.3) is 0 Å². The van der Waals surface area contributed by atoms with E-state index in [1.165, 1.54) is 4.90 Å². The van der Waals surface area contributed by atoms with Crippen molar-refractivity contribution in [2.75, 3.05) is 6.54 Å². The SMILES string of the molecule is C#Cc1ccccc1C(C(=O)NC(C)C)N(CC)C(=O)C(CCC(N)=O)NC(=O)OC(C)(C)C. The van der Waals surface area contributed by atoms with Crippen molar-refractivity contribution < 1.29 is 23.9 Å². The van der Waals surface area contributed by atoms with Gasteiger partial charge in [-0.15, -0.1) is 6.42 Å². The van der Waals surface area contributed by atoms with E-state index in [0.717, 1.165) is 0 Å². The zero-order chi connectivity index (χ0) is 26.1. The normalized spacial score (nSPS) is 12.8. The molecule has 0 fully saturated rings. The molecule has 0 heterocycles. The molecular weight excluding hydrogens is 436 g/mol. The first-order chi connectivity index (χ1) is 15.8. The predicted molar refractivity (Wildman–Crippen MR) is 129 cm³/mol. The third-order valence-corrected chi connectivity index (χ3v) is 4.69. The molecule has 9 heteroatoms. The van der Waals surface area contributed by atoms with Crippen LogP contribution in [-0.4, -0.2) is 52.9 Å². The summed E-state index contributed by atoms with van der Waals surface area (Å²) in [6.45, 7) is 10.5. The first-order valence-electron chi connectivity index (χ1n) is 11.2. The Morgan fingerprint density at radius 1 is 1.15 bits per heavy atom. The number of hydrogen-bond donors (Lipinski definition) is 3. The van der Waals surface area contributed by atoms with Gasteiger partial charge in [-0.3, -0.25) is 14.4 Å². The van der Waals surface area contributed by atoms with Crippen LogP contribution in [0.2, 0.25) is 0 Å². The summed E-state index contributed by atoms with van der Waals surface area (Å²) in [6, 6.07) is 4.47. The van der Waals surface area contributed by atoms with Crippen LogP contribution in [0, 0.1) is 12.3 Å². The second-order valence-electron chi connectivity index (χ2n) is 9.13. The second-order valence-corrected chi connectivity index (χ2v) is 9.13. The van der Waals surface area contributed by atoms with Crippen molar-refractivity contribution in [1.29, 1.82) is 0 Å². The van der Waals surface area contributed by atoms with Crippen molar-refractivity contribution >= 4 is 23.8 Å². The average molecular weight is 473 g/mol. The van der Waals surface area contributed by atoms with Gasteiger partial charge < -0.3 is 26.0 Å². The fourth-order valence-corrected chi connectivity index (χ4v) is 3.34. The Morgan fingerprint density at radius 3 is 2.26 bits per heavy atom. The summed E-state index contributed by atoms with van der Waals surface area (Å²) in [5.74, 6) is 0.952. The number of alkyl carbamates (subject to hydrolysis) is 1. The predicted octanol–water partition coefficient (Wildman–Crippen LogP) is 2.24. The molecule has 1 aromatic rings. The summed E-state index contributed by atoms with van der Waals surface area (Å²) >= 11 is 0. The lowest BCUT2D eigenvalue weighted by molar-refractivity contribution is -0.142. The maximum atomic E-state index is 13.7. The number of nitrogens with two attached hydrogens (primary N) is 1. The monoisotopic (exact) mass is 472 g/mol. The minimum atomic E-state index is -1.14. The highest BCUT2D eigenvalue weighted by Crippen LogP contribution is 2.26. The number of nitrogens with one attached hydrogen (secondary N) is 2. The van der Waals surface area contributed by atoms with Gasteiger partial charge in [0.05, 0.1) is 0 Å². The molecule has 4 amide bonds. The van der Waals surface area contributed by atoms with Crippen molar-refractivity contribution in [1.82, 2.24) is 15.5 Å². The molecule has 9 nitrogen and oxygen atoms in total. The lowest BCUT2D eigenvalue weighted by atomic mass is 9.97. The topological polar surface area (TPSA) is 131 Å². The summed E-state index contributed by atoms with van der Waals surface area (Å²) in [7, 11) is 0. The van der Waals surface area contributed by atoms with E-state index < -0.39 is 41.5 Å². The second kappa shape index (κ2) is 12.6. The van der Waals surface area contributed by atoms with Gasteiger partial charge in [0.25, 0.3) is 0 Å². The van der Waals surface area contributed by atoms with Gasteiger partial charge in [0.15, 0.2) is 0 Å². The number of terminal acetylenes is 1. The number of likely N-dealkylation sites (N-methyl/N-ethyl adjacent to an activating group) is 1. The molecule has 0 bridgehead atoms. The van der Waals surface area contributed by atoms with E-state index in [1.54, 1.807) is 65.8 Å². The van der Waals surface area contributed by atoms with Crippen LogP contribution in [0.1, 0.15) is 71.6 Å². The molecule has 1 rings (SSSR count). The van der Waals surface area contributed by atoms with E-state index in [4.69, 9.17) is 16.9 Å². The summed E-state index contributed by atoms with van der Waals surface area (Å²) in [6.07, 6.45) is 4.64. The van der Waals surface area contributed by atoms with E-state index in [9.17, 15) is 19.2 Å². The van der Waals surface area contributed by atoms with Crippen LogP contribution >= 0.6 is 0 Å². The molecule has 34 heavy (non-hydrogen) atoms.